The van der Waals surface area contributed by atoms with Crippen LogP contribution in [-0.2, 0) is 0 Å². The first kappa shape index (κ1) is 13.4. The van der Waals surface area contributed by atoms with Crippen LogP contribution in [0.25, 0.3) is 0 Å². The summed E-state index contributed by atoms with van der Waals surface area (Å²) in [7, 11) is 0. The molecule has 0 nitrogen and oxygen atoms in total. The highest BCUT2D eigenvalue weighted by Gasteiger charge is 2.33. The standard InChI is InChI=1S/C17H32/c1-3-12-17(4-2)13-11-15-7-5-9-16(14-17)10-6-8-15/h15-16H,3-14H2,1-2H3. The Morgan fingerprint density at radius 1 is 0.882 bits per heavy atom. The van der Waals surface area contributed by atoms with Gasteiger partial charge in [-0.15, -0.1) is 0 Å². The highest BCUT2D eigenvalue weighted by molar-refractivity contribution is 4.85. The Hall–Kier alpha value is 0. The summed E-state index contributed by atoms with van der Waals surface area (Å²) in [6.45, 7) is 4.84. The van der Waals surface area contributed by atoms with Crippen molar-refractivity contribution in [3.05, 3.63) is 0 Å². The van der Waals surface area contributed by atoms with Crippen LogP contribution in [0, 0.1) is 17.3 Å². The lowest BCUT2D eigenvalue weighted by molar-refractivity contribution is 0.161. The van der Waals surface area contributed by atoms with E-state index in [9.17, 15) is 0 Å². The zero-order valence-corrected chi connectivity index (χ0v) is 12.1. The largest absolute Gasteiger partial charge is 0.0654 e. The smallest absolute Gasteiger partial charge is 0.0297 e. The van der Waals surface area contributed by atoms with Crippen molar-refractivity contribution >= 4 is 0 Å². The van der Waals surface area contributed by atoms with Gasteiger partial charge in [-0.3, -0.25) is 0 Å². The minimum Gasteiger partial charge on any atom is -0.0654 e. The molecule has 3 aliphatic rings. The molecule has 0 aromatic heterocycles. The molecule has 0 aromatic rings. The van der Waals surface area contributed by atoms with Crippen LogP contribution in [0.4, 0.5) is 0 Å². The van der Waals surface area contributed by atoms with Gasteiger partial charge in [0.2, 0.25) is 0 Å². The molecular formula is C17H32. The lowest BCUT2D eigenvalue weighted by atomic mass is 9.70. The molecule has 100 valence electrons. The molecule has 0 N–H and O–H groups in total. The first-order valence-electron chi connectivity index (χ1n) is 8.28. The number of rotatable bonds is 3. The average molecular weight is 236 g/mol. The van der Waals surface area contributed by atoms with Gasteiger partial charge >= 0.3 is 0 Å². The van der Waals surface area contributed by atoms with Crippen molar-refractivity contribution in [1.82, 2.24) is 0 Å². The maximum atomic E-state index is 2.46. The Labute approximate surface area is 109 Å². The van der Waals surface area contributed by atoms with Crippen LogP contribution in [0.15, 0.2) is 0 Å². The van der Waals surface area contributed by atoms with Crippen LogP contribution >= 0.6 is 0 Å². The minimum atomic E-state index is 0.729. The van der Waals surface area contributed by atoms with E-state index in [0.717, 1.165) is 17.3 Å². The second-order valence-corrected chi connectivity index (χ2v) is 6.94. The SMILES string of the molecule is CCCC1(CC)CCC2CCCC(CCC2)C1. The number of hydrogen-bond donors (Lipinski definition) is 0. The van der Waals surface area contributed by atoms with Crippen molar-refractivity contribution in [3.8, 4) is 0 Å². The van der Waals surface area contributed by atoms with E-state index in [1.54, 1.807) is 44.9 Å². The highest BCUT2D eigenvalue weighted by atomic mass is 14.4. The van der Waals surface area contributed by atoms with Crippen molar-refractivity contribution in [3.63, 3.8) is 0 Å². The molecular weight excluding hydrogens is 204 g/mol. The molecule has 3 aliphatic carbocycles. The molecule has 0 saturated heterocycles. The van der Waals surface area contributed by atoms with Crippen LogP contribution in [0.1, 0.15) is 90.9 Å². The van der Waals surface area contributed by atoms with Gasteiger partial charge in [-0.25, -0.2) is 0 Å². The van der Waals surface area contributed by atoms with Gasteiger partial charge in [0.1, 0.15) is 0 Å². The summed E-state index contributed by atoms with van der Waals surface area (Å²) in [5, 5.41) is 0. The Morgan fingerprint density at radius 2 is 1.53 bits per heavy atom. The van der Waals surface area contributed by atoms with Gasteiger partial charge in [0.15, 0.2) is 0 Å². The lowest BCUT2D eigenvalue weighted by Crippen LogP contribution is -2.23. The van der Waals surface area contributed by atoms with Crippen LogP contribution in [0.5, 0.6) is 0 Å². The van der Waals surface area contributed by atoms with E-state index in [0.29, 0.717) is 0 Å². The fourth-order valence-electron chi connectivity index (χ4n) is 4.65. The minimum absolute atomic E-state index is 0.729. The van der Waals surface area contributed by atoms with Crippen molar-refractivity contribution < 1.29 is 0 Å². The molecule has 0 heterocycles. The average Bonchev–Trinajstić information content (AvgIpc) is 2.43. The summed E-state index contributed by atoms with van der Waals surface area (Å²) in [6, 6.07) is 0. The predicted octanol–water partition coefficient (Wildman–Crippen LogP) is 5.95. The summed E-state index contributed by atoms with van der Waals surface area (Å²) in [5.74, 6) is 2.15. The Kier molecular flexibility index (Phi) is 4.94. The molecule has 0 amide bonds. The fraction of sp³-hybridized carbons (Fsp3) is 1.00. The molecule has 0 radical (unpaired) electrons. The molecule has 3 saturated carbocycles. The summed E-state index contributed by atoms with van der Waals surface area (Å²) in [4.78, 5) is 0. The van der Waals surface area contributed by atoms with E-state index < -0.39 is 0 Å². The van der Waals surface area contributed by atoms with Crippen molar-refractivity contribution in [1.29, 1.82) is 0 Å². The summed E-state index contributed by atoms with van der Waals surface area (Å²) >= 11 is 0. The third kappa shape index (κ3) is 3.48. The Bertz CT molecular complexity index is 210. The van der Waals surface area contributed by atoms with E-state index in [-0.39, 0.29) is 0 Å². The van der Waals surface area contributed by atoms with Crippen molar-refractivity contribution in [2.24, 2.45) is 17.3 Å². The molecule has 2 bridgehead atoms. The number of hydrogen-bond acceptors (Lipinski definition) is 0. The molecule has 1 atom stereocenters. The van der Waals surface area contributed by atoms with Crippen LogP contribution in [0.3, 0.4) is 0 Å². The zero-order chi connectivity index (χ0) is 12.1. The number of fused-ring (bicyclic) bond motifs is 7. The summed E-state index contributed by atoms with van der Waals surface area (Å²) in [5.41, 5.74) is 0.729. The van der Waals surface area contributed by atoms with Crippen molar-refractivity contribution in [2.75, 3.05) is 0 Å². The van der Waals surface area contributed by atoms with Gasteiger partial charge < -0.3 is 0 Å². The van der Waals surface area contributed by atoms with E-state index in [2.05, 4.69) is 13.8 Å². The maximum Gasteiger partial charge on any atom is -0.0297 e. The predicted molar refractivity (Wildman–Crippen MR) is 76.2 cm³/mol. The second kappa shape index (κ2) is 6.25. The Morgan fingerprint density at radius 3 is 2.12 bits per heavy atom. The van der Waals surface area contributed by atoms with Crippen LogP contribution in [0.2, 0.25) is 0 Å². The molecule has 0 aliphatic heterocycles. The zero-order valence-electron chi connectivity index (χ0n) is 12.1. The van der Waals surface area contributed by atoms with Gasteiger partial charge in [-0.1, -0.05) is 65.2 Å². The molecule has 0 spiro atoms. The van der Waals surface area contributed by atoms with Crippen molar-refractivity contribution in [2.45, 2.75) is 90.9 Å². The van der Waals surface area contributed by atoms with Gasteiger partial charge in [0.25, 0.3) is 0 Å². The van der Waals surface area contributed by atoms with Crippen LogP contribution in [-0.4, -0.2) is 0 Å². The third-order valence-electron chi connectivity index (χ3n) is 5.78. The molecule has 3 fully saturated rings. The summed E-state index contributed by atoms with van der Waals surface area (Å²) in [6.07, 6.45) is 18.2. The van der Waals surface area contributed by atoms with Gasteiger partial charge in [0, 0.05) is 0 Å². The maximum absolute atomic E-state index is 2.46. The second-order valence-electron chi connectivity index (χ2n) is 6.94. The van der Waals surface area contributed by atoms with Gasteiger partial charge in [0.05, 0.1) is 0 Å². The molecule has 17 heavy (non-hydrogen) atoms. The topological polar surface area (TPSA) is 0 Å². The van der Waals surface area contributed by atoms with E-state index in [4.69, 9.17) is 0 Å². The quantitative estimate of drug-likeness (QED) is 0.567. The van der Waals surface area contributed by atoms with Gasteiger partial charge in [-0.2, -0.15) is 0 Å². The van der Waals surface area contributed by atoms with E-state index in [1.165, 1.54) is 32.1 Å². The van der Waals surface area contributed by atoms with E-state index in [1.807, 2.05) is 0 Å². The first-order valence-corrected chi connectivity index (χ1v) is 8.28. The van der Waals surface area contributed by atoms with E-state index >= 15 is 0 Å². The normalized spacial score (nSPS) is 39.2. The molecule has 1 unspecified atom stereocenters. The van der Waals surface area contributed by atoms with Gasteiger partial charge in [-0.05, 0) is 42.9 Å². The summed E-state index contributed by atoms with van der Waals surface area (Å²) < 4.78 is 0. The monoisotopic (exact) mass is 236 g/mol. The highest BCUT2D eigenvalue weighted by Crippen LogP contribution is 2.46. The van der Waals surface area contributed by atoms with Crippen LogP contribution < -0.4 is 0 Å². The molecule has 3 rings (SSSR count). The molecule has 0 aromatic carbocycles. The first-order chi connectivity index (χ1) is 8.28. The fourth-order valence-corrected chi connectivity index (χ4v) is 4.65. The third-order valence-corrected chi connectivity index (χ3v) is 5.78. The lowest BCUT2D eigenvalue weighted by Gasteiger charge is -2.35. The Balaban J connectivity index is 2.11. The molecule has 0 heteroatoms.